The number of alkyl halides is 1. The summed E-state index contributed by atoms with van der Waals surface area (Å²) >= 11 is 3.73. The molecule has 2 spiro atoms. The smallest absolute Gasteiger partial charge is 0.230 e. The molecule has 4 nitrogen and oxygen atoms in total. The SMILES string of the molecule is C[C@@]1(CBr)[C@@H]2CC[C@]1(C)C1(OCCO1)C21OCCO1. The molecule has 0 N–H and O–H groups in total. The molecule has 19 heavy (non-hydrogen) atoms. The van der Waals surface area contributed by atoms with E-state index in [4.69, 9.17) is 18.9 Å². The van der Waals surface area contributed by atoms with Crippen LogP contribution in [-0.2, 0) is 18.9 Å². The highest BCUT2D eigenvalue weighted by atomic mass is 79.9. The molecule has 0 amide bonds. The van der Waals surface area contributed by atoms with Crippen LogP contribution in [0.15, 0.2) is 0 Å². The molecule has 0 aromatic rings. The second kappa shape index (κ2) is 3.74. The van der Waals surface area contributed by atoms with Crippen LogP contribution in [0.1, 0.15) is 26.7 Å². The highest BCUT2D eigenvalue weighted by molar-refractivity contribution is 9.09. The van der Waals surface area contributed by atoms with Crippen LogP contribution in [-0.4, -0.2) is 43.3 Å². The quantitative estimate of drug-likeness (QED) is 0.690. The third-order valence-corrected chi connectivity index (χ3v) is 7.46. The molecular formula is C14H21BrO4. The summed E-state index contributed by atoms with van der Waals surface area (Å²) in [5.41, 5.74) is -0.00329. The van der Waals surface area contributed by atoms with Crippen LogP contribution in [0, 0.1) is 16.7 Å². The van der Waals surface area contributed by atoms with Crippen LogP contribution in [0.25, 0.3) is 0 Å². The summed E-state index contributed by atoms with van der Waals surface area (Å²) in [6.07, 6.45) is 2.22. The lowest BCUT2D eigenvalue weighted by Crippen LogP contribution is -2.63. The second-order valence-corrected chi connectivity index (χ2v) is 7.21. The van der Waals surface area contributed by atoms with Crippen LogP contribution in [0.3, 0.4) is 0 Å². The summed E-state index contributed by atoms with van der Waals surface area (Å²) in [5.74, 6) is -1.09. The van der Waals surface area contributed by atoms with E-state index >= 15 is 0 Å². The largest absolute Gasteiger partial charge is 0.343 e. The van der Waals surface area contributed by atoms with Crippen LogP contribution < -0.4 is 0 Å². The maximum Gasteiger partial charge on any atom is 0.230 e. The number of fused-ring (bicyclic) bond motifs is 5. The first-order valence-electron chi connectivity index (χ1n) is 7.18. The van der Waals surface area contributed by atoms with Crippen molar-refractivity contribution < 1.29 is 18.9 Å². The average Bonchev–Trinajstić information content (AvgIpc) is 3.11. The number of halogens is 1. The Labute approximate surface area is 122 Å². The minimum Gasteiger partial charge on any atom is -0.343 e. The van der Waals surface area contributed by atoms with E-state index in [1.54, 1.807) is 0 Å². The van der Waals surface area contributed by atoms with Gasteiger partial charge >= 0.3 is 0 Å². The Morgan fingerprint density at radius 1 is 1.00 bits per heavy atom. The molecule has 2 saturated carbocycles. The lowest BCUT2D eigenvalue weighted by atomic mass is 9.68. The van der Waals surface area contributed by atoms with Crippen molar-refractivity contribution in [1.82, 2.24) is 0 Å². The second-order valence-electron chi connectivity index (χ2n) is 6.65. The lowest BCUT2D eigenvalue weighted by Gasteiger charge is -2.49. The Morgan fingerprint density at radius 2 is 1.58 bits per heavy atom. The van der Waals surface area contributed by atoms with Crippen molar-refractivity contribution in [3.05, 3.63) is 0 Å². The predicted molar refractivity (Wildman–Crippen MR) is 72.0 cm³/mol. The summed E-state index contributed by atoms with van der Waals surface area (Å²) in [6, 6.07) is 0. The van der Waals surface area contributed by atoms with Gasteiger partial charge in [-0.2, -0.15) is 0 Å². The maximum atomic E-state index is 6.18. The van der Waals surface area contributed by atoms with Crippen molar-refractivity contribution in [1.29, 1.82) is 0 Å². The molecule has 2 aliphatic heterocycles. The minimum atomic E-state index is -0.720. The van der Waals surface area contributed by atoms with Crippen molar-refractivity contribution in [2.75, 3.05) is 31.8 Å². The zero-order chi connectivity index (χ0) is 13.4. The topological polar surface area (TPSA) is 36.9 Å². The molecule has 2 heterocycles. The van der Waals surface area contributed by atoms with Gasteiger partial charge in [0.25, 0.3) is 0 Å². The Bertz CT molecular complexity index is 402. The van der Waals surface area contributed by atoms with Gasteiger partial charge in [0.05, 0.1) is 26.4 Å². The van der Waals surface area contributed by atoms with Crippen molar-refractivity contribution in [2.24, 2.45) is 16.7 Å². The molecule has 0 unspecified atom stereocenters. The first-order valence-corrected chi connectivity index (χ1v) is 8.30. The van der Waals surface area contributed by atoms with Gasteiger partial charge in [-0.05, 0) is 18.3 Å². The molecule has 4 aliphatic rings. The zero-order valence-corrected chi connectivity index (χ0v) is 13.1. The molecular weight excluding hydrogens is 312 g/mol. The highest BCUT2D eigenvalue weighted by Gasteiger charge is 2.86. The van der Waals surface area contributed by atoms with E-state index < -0.39 is 11.6 Å². The van der Waals surface area contributed by atoms with Crippen molar-refractivity contribution in [3.63, 3.8) is 0 Å². The van der Waals surface area contributed by atoms with Crippen molar-refractivity contribution in [2.45, 2.75) is 38.3 Å². The predicted octanol–water partition coefficient (Wildman–Crippen LogP) is 2.30. The molecule has 3 atom stereocenters. The fraction of sp³-hybridized carbons (Fsp3) is 1.00. The Balaban J connectivity index is 1.93. The summed E-state index contributed by atoms with van der Waals surface area (Å²) < 4.78 is 24.6. The minimum absolute atomic E-state index is 0.0711. The first-order chi connectivity index (χ1) is 9.06. The van der Waals surface area contributed by atoms with Gasteiger partial charge in [-0.25, -0.2) is 0 Å². The van der Waals surface area contributed by atoms with Gasteiger partial charge in [-0.15, -0.1) is 0 Å². The van der Waals surface area contributed by atoms with Gasteiger partial charge < -0.3 is 18.9 Å². The molecule has 2 bridgehead atoms. The molecule has 5 heteroatoms. The first kappa shape index (κ1) is 13.0. The average molecular weight is 333 g/mol. The number of rotatable bonds is 1. The van der Waals surface area contributed by atoms with Gasteiger partial charge in [-0.3, -0.25) is 0 Å². The summed E-state index contributed by atoms with van der Waals surface area (Å²) in [5, 5.41) is 0.921. The van der Waals surface area contributed by atoms with Crippen LogP contribution >= 0.6 is 15.9 Å². The van der Waals surface area contributed by atoms with E-state index in [0.717, 1.165) is 18.2 Å². The normalized spacial score (nSPS) is 49.7. The number of ether oxygens (including phenoxy) is 4. The molecule has 2 aliphatic carbocycles. The molecule has 0 radical (unpaired) electrons. The molecule has 0 aromatic carbocycles. The van der Waals surface area contributed by atoms with Gasteiger partial charge in [-0.1, -0.05) is 29.8 Å². The molecule has 0 aromatic heterocycles. The van der Waals surface area contributed by atoms with Gasteiger partial charge in [0.15, 0.2) is 0 Å². The highest BCUT2D eigenvalue weighted by Crippen LogP contribution is 2.77. The molecule has 4 rings (SSSR count). The van der Waals surface area contributed by atoms with E-state index in [1.807, 2.05) is 0 Å². The lowest BCUT2D eigenvalue weighted by molar-refractivity contribution is -0.381. The molecule has 108 valence electrons. The summed E-state index contributed by atoms with van der Waals surface area (Å²) in [7, 11) is 0. The standard InChI is InChI=1S/C14H21BrO4/c1-11(9-15)10-3-4-12(11,2)14(18-7-8-19-14)13(10)16-5-6-17-13/h10H,3-9H2,1-2H3/t10-,11+,12-/m0/s1. The fourth-order valence-corrected chi connectivity index (χ4v) is 6.19. The van der Waals surface area contributed by atoms with E-state index in [1.165, 1.54) is 0 Å². The van der Waals surface area contributed by atoms with Gasteiger partial charge in [0, 0.05) is 16.7 Å². The fourth-order valence-electron chi connectivity index (χ4n) is 5.18. The summed E-state index contributed by atoms with van der Waals surface area (Å²) in [6.45, 7) is 7.16. The third-order valence-electron chi connectivity index (χ3n) is 6.29. The Morgan fingerprint density at radius 3 is 2.16 bits per heavy atom. The van der Waals surface area contributed by atoms with E-state index in [9.17, 15) is 0 Å². The number of hydrogen-bond donors (Lipinski definition) is 0. The van der Waals surface area contributed by atoms with Crippen molar-refractivity contribution in [3.8, 4) is 0 Å². The van der Waals surface area contributed by atoms with E-state index in [0.29, 0.717) is 32.3 Å². The van der Waals surface area contributed by atoms with Crippen LogP contribution in [0.4, 0.5) is 0 Å². The Hall–Kier alpha value is 0.320. The monoisotopic (exact) mass is 332 g/mol. The molecule has 4 fully saturated rings. The van der Waals surface area contributed by atoms with Gasteiger partial charge in [0.1, 0.15) is 0 Å². The summed E-state index contributed by atoms with van der Waals surface area (Å²) in [4.78, 5) is 0. The maximum absolute atomic E-state index is 6.18. The van der Waals surface area contributed by atoms with Gasteiger partial charge in [0.2, 0.25) is 11.6 Å². The molecule has 2 saturated heterocycles. The van der Waals surface area contributed by atoms with E-state index in [-0.39, 0.29) is 10.8 Å². The number of hydrogen-bond acceptors (Lipinski definition) is 4. The zero-order valence-electron chi connectivity index (χ0n) is 11.5. The third kappa shape index (κ3) is 1.11. The van der Waals surface area contributed by atoms with Crippen LogP contribution in [0.2, 0.25) is 0 Å². The van der Waals surface area contributed by atoms with E-state index in [2.05, 4.69) is 29.8 Å². The van der Waals surface area contributed by atoms with Crippen molar-refractivity contribution >= 4 is 15.9 Å². The Kier molecular flexibility index (Phi) is 2.56. The van der Waals surface area contributed by atoms with Crippen LogP contribution in [0.5, 0.6) is 0 Å².